The smallest absolute Gasteiger partial charge is 0.294 e. The molecule has 0 saturated carbocycles. The van der Waals surface area contributed by atoms with Crippen molar-refractivity contribution in [1.29, 1.82) is 0 Å². The minimum absolute atomic E-state index is 0.0741. The molecule has 6 rings (SSSR count). The zero-order chi connectivity index (χ0) is 38.6. The van der Waals surface area contributed by atoms with E-state index in [1.807, 2.05) is 60.7 Å². The second-order valence-electron chi connectivity index (χ2n) is 13.2. The summed E-state index contributed by atoms with van der Waals surface area (Å²) in [6, 6.07) is 28.7. The van der Waals surface area contributed by atoms with E-state index in [1.165, 1.54) is 17.7 Å². The predicted molar refractivity (Wildman–Crippen MR) is 210 cm³/mol. The van der Waals surface area contributed by atoms with Crippen molar-refractivity contribution in [3.05, 3.63) is 114 Å². The van der Waals surface area contributed by atoms with Crippen molar-refractivity contribution >= 4 is 37.6 Å². The molecule has 2 heterocycles. The van der Waals surface area contributed by atoms with Gasteiger partial charge in [0.05, 0.1) is 22.2 Å². The topological polar surface area (TPSA) is 149 Å². The fourth-order valence-electron chi connectivity index (χ4n) is 6.17. The normalized spacial score (nSPS) is 15.6. The molecule has 288 valence electrons. The molecule has 2 aliphatic heterocycles. The third-order valence-corrected chi connectivity index (χ3v) is 11.8. The van der Waals surface area contributed by atoms with Crippen molar-refractivity contribution < 1.29 is 40.4 Å². The lowest BCUT2D eigenvalue weighted by Gasteiger charge is -2.31. The summed E-state index contributed by atoms with van der Waals surface area (Å²) in [7, 11) is -5.41. The summed E-state index contributed by atoms with van der Waals surface area (Å²) in [4.78, 5) is 15.9. The first-order valence-corrected chi connectivity index (χ1v) is 21.1. The zero-order valence-corrected chi connectivity index (χ0v) is 32.3. The first-order chi connectivity index (χ1) is 25.9. The van der Waals surface area contributed by atoms with Crippen LogP contribution in [-0.2, 0) is 40.8 Å². The van der Waals surface area contributed by atoms with E-state index in [0.29, 0.717) is 36.1 Å². The van der Waals surface area contributed by atoms with Crippen LogP contribution in [0, 0.1) is 0 Å². The minimum atomic E-state index is -4.00. The number of nitrogens with zero attached hydrogens (tertiary/aromatic N) is 1. The van der Waals surface area contributed by atoms with Crippen molar-refractivity contribution in [3.8, 4) is 16.9 Å². The number of rotatable bonds is 13. The highest BCUT2D eigenvalue weighted by atomic mass is 32.2. The Balaban J connectivity index is 0.000000486. The summed E-state index contributed by atoms with van der Waals surface area (Å²) in [6.07, 6.45) is 4.90. The van der Waals surface area contributed by atoms with Gasteiger partial charge in [-0.3, -0.25) is 14.2 Å². The van der Waals surface area contributed by atoms with Crippen LogP contribution in [0.15, 0.2) is 112 Å². The lowest BCUT2D eigenvalue weighted by molar-refractivity contribution is -0.112. The molecule has 2 N–H and O–H groups in total. The van der Waals surface area contributed by atoms with E-state index in [0.717, 1.165) is 62.5 Å². The Morgan fingerprint density at radius 3 is 2.24 bits per heavy atom. The highest BCUT2D eigenvalue weighted by Gasteiger charge is 2.25. The summed E-state index contributed by atoms with van der Waals surface area (Å²) < 4.78 is 72.2. The van der Waals surface area contributed by atoms with Crippen LogP contribution in [0.25, 0.3) is 17.2 Å². The van der Waals surface area contributed by atoms with Gasteiger partial charge in [-0.25, -0.2) is 8.42 Å². The molecule has 0 aliphatic carbocycles. The SMILES string of the molecule is CCCOCCOc1ccc(-c2ccc3c(c2)C=C(C(=O)Nc2ccc(CN(C)C4CCOCC4)cc2)CCS3(=O)=O)cc1.O=S(=O)(O)c1ccccc1. The molecule has 11 nitrogen and oxygen atoms in total. The van der Waals surface area contributed by atoms with Crippen molar-refractivity contribution in [2.75, 3.05) is 51.2 Å². The Kier molecular flexibility index (Phi) is 14.6. The number of nitrogens with one attached hydrogen (secondary N) is 1. The van der Waals surface area contributed by atoms with Crippen molar-refractivity contribution in [1.82, 2.24) is 4.90 Å². The molecule has 0 atom stereocenters. The van der Waals surface area contributed by atoms with Gasteiger partial charge in [-0.15, -0.1) is 0 Å². The number of ether oxygens (including phenoxy) is 3. The molecule has 4 aromatic rings. The van der Waals surface area contributed by atoms with Gasteiger partial charge in [0.15, 0.2) is 9.84 Å². The van der Waals surface area contributed by atoms with Crippen LogP contribution in [0.1, 0.15) is 43.7 Å². The van der Waals surface area contributed by atoms with Gasteiger partial charge in [0.25, 0.3) is 16.0 Å². The number of carbonyl (C=O) groups excluding carboxylic acids is 1. The standard InChI is InChI=1S/C35H42N2O6S.C6H6O3S/c1-3-17-41-20-21-43-33-11-6-27(7-12-33)28-8-13-34-30(23-28)24-29(16-22-44(34,39)40)35(38)36-31-9-4-26(5-10-31)25-37(2)32-14-18-42-19-15-32;7-10(8,9)6-4-2-1-3-5-6/h4-13,23-24,32H,3,14-22,25H2,1-2H3,(H,36,38);1-5H,(H,7,8,9). The number of carbonyl (C=O) groups is 1. The summed E-state index contributed by atoms with van der Waals surface area (Å²) in [5.41, 5.74) is 4.57. The van der Waals surface area contributed by atoms with Crippen molar-refractivity contribution in [3.63, 3.8) is 0 Å². The first kappa shape index (κ1) is 40.8. The number of fused-ring (bicyclic) bond motifs is 1. The molecular formula is C41H48N2O9S2. The van der Waals surface area contributed by atoms with Crippen LogP contribution in [0.5, 0.6) is 5.75 Å². The van der Waals surface area contributed by atoms with E-state index in [-0.39, 0.29) is 27.9 Å². The van der Waals surface area contributed by atoms with Crippen molar-refractivity contribution in [2.45, 2.75) is 55.0 Å². The molecule has 0 spiro atoms. The Bertz CT molecular complexity index is 2080. The summed E-state index contributed by atoms with van der Waals surface area (Å²) >= 11 is 0. The van der Waals surface area contributed by atoms with E-state index in [2.05, 4.69) is 24.2 Å². The van der Waals surface area contributed by atoms with E-state index in [1.54, 1.807) is 30.3 Å². The average Bonchev–Trinajstić information content (AvgIpc) is 3.31. The van der Waals surface area contributed by atoms with Crippen LogP contribution >= 0.6 is 0 Å². The molecule has 1 fully saturated rings. The summed E-state index contributed by atoms with van der Waals surface area (Å²) in [5.74, 6) is 0.323. The van der Waals surface area contributed by atoms with Crippen LogP contribution < -0.4 is 10.1 Å². The Hall–Kier alpha value is -4.37. The lowest BCUT2D eigenvalue weighted by atomic mass is 10.0. The molecule has 4 aromatic carbocycles. The predicted octanol–water partition coefficient (Wildman–Crippen LogP) is 6.90. The van der Waals surface area contributed by atoms with Gasteiger partial charge < -0.3 is 19.5 Å². The van der Waals surface area contributed by atoms with E-state index < -0.39 is 20.0 Å². The Morgan fingerprint density at radius 1 is 0.907 bits per heavy atom. The quantitative estimate of drug-likeness (QED) is 0.109. The van der Waals surface area contributed by atoms with Crippen LogP contribution in [-0.4, -0.2) is 84.1 Å². The number of sulfone groups is 1. The highest BCUT2D eigenvalue weighted by molar-refractivity contribution is 7.91. The highest BCUT2D eigenvalue weighted by Crippen LogP contribution is 2.32. The van der Waals surface area contributed by atoms with Gasteiger partial charge in [-0.05, 0) is 110 Å². The molecule has 0 bridgehead atoms. The fourth-order valence-corrected chi connectivity index (χ4v) is 8.13. The maximum atomic E-state index is 13.3. The maximum absolute atomic E-state index is 13.3. The second kappa shape index (κ2) is 19.3. The maximum Gasteiger partial charge on any atom is 0.294 e. The molecule has 0 radical (unpaired) electrons. The molecule has 1 amide bonds. The van der Waals surface area contributed by atoms with Gasteiger partial charge in [0.1, 0.15) is 12.4 Å². The molecule has 13 heteroatoms. The van der Waals surface area contributed by atoms with Gasteiger partial charge in [-0.2, -0.15) is 8.42 Å². The second-order valence-corrected chi connectivity index (χ2v) is 16.7. The lowest BCUT2D eigenvalue weighted by Crippen LogP contribution is -2.36. The fraction of sp³-hybridized carbons (Fsp3) is 0.341. The number of anilines is 1. The van der Waals surface area contributed by atoms with E-state index >= 15 is 0 Å². The van der Waals surface area contributed by atoms with Crippen molar-refractivity contribution in [2.24, 2.45) is 0 Å². The molecular weight excluding hydrogens is 729 g/mol. The molecule has 54 heavy (non-hydrogen) atoms. The number of amides is 1. The molecule has 2 aliphatic rings. The number of hydrogen-bond acceptors (Lipinski definition) is 9. The van der Waals surface area contributed by atoms with E-state index in [4.69, 9.17) is 18.8 Å². The van der Waals surface area contributed by atoms with Gasteiger partial charge in [0.2, 0.25) is 0 Å². The third kappa shape index (κ3) is 11.8. The molecule has 0 unspecified atom stereocenters. The van der Waals surface area contributed by atoms with Crippen LogP contribution in [0.3, 0.4) is 0 Å². The third-order valence-electron chi connectivity index (χ3n) is 9.14. The monoisotopic (exact) mass is 776 g/mol. The van der Waals surface area contributed by atoms with Gasteiger partial charge in [0, 0.05) is 43.7 Å². The summed E-state index contributed by atoms with van der Waals surface area (Å²) in [5, 5.41) is 2.97. The molecule has 1 saturated heterocycles. The van der Waals surface area contributed by atoms with Gasteiger partial charge >= 0.3 is 0 Å². The van der Waals surface area contributed by atoms with E-state index in [9.17, 15) is 21.6 Å². The largest absolute Gasteiger partial charge is 0.491 e. The Labute approximate surface area is 318 Å². The summed E-state index contributed by atoms with van der Waals surface area (Å²) in [6.45, 7) is 6.24. The van der Waals surface area contributed by atoms with Crippen LogP contribution in [0.4, 0.5) is 5.69 Å². The minimum Gasteiger partial charge on any atom is -0.491 e. The molecule has 0 aromatic heterocycles. The first-order valence-electron chi connectivity index (χ1n) is 18.0. The number of benzene rings is 4. The number of hydrogen-bond donors (Lipinski definition) is 2. The Morgan fingerprint density at radius 2 is 1.59 bits per heavy atom. The van der Waals surface area contributed by atoms with Gasteiger partial charge in [-0.1, -0.05) is 55.5 Å². The van der Waals surface area contributed by atoms with Crippen LogP contribution in [0.2, 0.25) is 0 Å². The zero-order valence-electron chi connectivity index (χ0n) is 30.6. The average molecular weight is 777 g/mol.